The van der Waals surface area contributed by atoms with Crippen LogP contribution in [0.3, 0.4) is 0 Å². The Labute approximate surface area is 121 Å². The van der Waals surface area contributed by atoms with Gasteiger partial charge in [-0.2, -0.15) is 5.10 Å². The van der Waals surface area contributed by atoms with E-state index in [2.05, 4.69) is 24.3 Å². The highest BCUT2D eigenvalue weighted by atomic mass is 16.4. The summed E-state index contributed by atoms with van der Waals surface area (Å²) in [6.07, 6.45) is 3.44. The molecule has 0 aliphatic rings. The Morgan fingerprint density at radius 2 is 2.05 bits per heavy atom. The predicted molar refractivity (Wildman–Crippen MR) is 80.0 cm³/mol. The molecule has 114 valence electrons. The first-order valence-electron chi connectivity index (χ1n) is 7.31. The standard InChI is InChI=1S/C15H27N3O2/c1-6-13-11(2)17-18(12(13)3)10-8-7-9-15(4,16-5)14(19)20/h16H,6-10H2,1-5H3,(H,19,20). The molecule has 0 bridgehead atoms. The van der Waals surface area contributed by atoms with E-state index in [0.717, 1.165) is 31.5 Å². The van der Waals surface area contributed by atoms with E-state index in [1.165, 1.54) is 11.3 Å². The van der Waals surface area contributed by atoms with Crippen molar-refractivity contribution in [3.05, 3.63) is 17.0 Å². The van der Waals surface area contributed by atoms with Crippen molar-refractivity contribution in [3.8, 4) is 0 Å². The van der Waals surface area contributed by atoms with Gasteiger partial charge in [0.2, 0.25) is 0 Å². The van der Waals surface area contributed by atoms with Crippen LogP contribution in [0.25, 0.3) is 0 Å². The number of hydrogen-bond acceptors (Lipinski definition) is 3. The Morgan fingerprint density at radius 1 is 1.40 bits per heavy atom. The van der Waals surface area contributed by atoms with Crippen LogP contribution >= 0.6 is 0 Å². The number of nitrogens with zero attached hydrogens (tertiary/aromatic N) is 2. The molecule has 0 aromatic carbocycles. The van der Waals surface area contributed by atoms with E-state index in [0.29, 0.717) is 6.42 Å². The Balaban J connectivity index is 2.52. The van der Waals surface area contributed by atoms with Gasteiger partial charge in [0.25, 0.3) is 0 Å². The molecular weight excluding hydrogens is 254 g/mol. The molecule has 5 heteroatoms. The number of hydrogen-bond donors (Lipinski definition) is 2. The number of carbonyl (C=O) groups is 1. The summed E-state index contributed by atoms with van der Waals surface area (Å²) in [4.78, 5) is 11.2. The van der Waals surface area contributed by atoms with Gasteiger partial charge >= 0.3 is 5.97 Å². The summed E-state index contributed by atoms with van der Waals surface area (Å²) >= 11 is 0. The first-order valence-corrected chi connectivity index (χ1v) is 7.31. The Morgan fingerprint density at radius 3 is 2.50 bits per heavy atom. The van der Waals surface area contributed by atoms with Crippen LogP contribution in [0.15, 0.2) is 0 Å². The number of rotatable bonds is 8. The molecule has 1 unspecified atom stereocenters. The molecule has 5 nitrogen and oxygen atoms in total. The van der Waals surface area contributed by atoms with Gasteiger partial charge in [-0.05, 0) is 59.1 Å². The van der Waals surface area contributed by atoms with Crippen LogP contribution in [0.5, 0.6) is 0 Å². The maximum absolute atomic E-state index is 11.2. The van der Waals surface area contributed by atoms with E-state index in [1.54, 1.807) is 14.0 Å². The lowest BCUT2D eigenvalue weighted by atomic mass is 9.95. The zero-order chi connectivity index (χ0) is 15.3. The number of aliphatic carboxylic acids is 1. The highest BCUT2D eigenvalue weighted by Gasteiger charge is 2.30. The molecule has 1 rings (SSSR count). The number of likely N-dealkylation sites (N-methyl/N-ethyl adjacent to an activating group) is 1. The maximum Gasteiger partial charge on any atom is 0.323 e. The Hall–Kier alpha value is -1.36. The molecule has 20 heavy (non-hydrogen) atoms. The van der Waals surface area contributed by atoms with Crippen molar-refractivity contribution in [2.75, 3.05) is 7.05 Å². The molecule has 0 saturated heterocycles. The normalized spacial score (nSPS) is 14.2. The van der Waals surface area contributed by atoms with Crippen molar-refractivity contribution in [3.63, 3.8) is 0 Å². The van der Waals surface area contributed by atoms with Crippen LogP contribution in [0.4, 0.5) is 0 Å². The lowest BCUT2D eigenvalue weighted by Crippen LogP contribution is -2.47. The quantitative estimate of drug-likeness (QED) is 0.717. The average Bonchev–Trinajstić information content (AvgIpc) is 2.68. The second kappa shape index (κ2) is 6.88. The molecule has 2 N–H and O–H groups in total. The smallest absolute Gasteiger partial charge is 0.323 e. The highest BCUT2D eigenvalue weighted by molar-refractivity contribution is 5.78. The van der Waals surface area contributed by atoms with E-state index >= 15 is 0 Å². The van der Waals surface area contributed by atoms with Crippen molar-refractivity contribution < 1.29 is 9.90 Å². The zero-order valence-corrected chi connectivity index (χ0v) is 13.3. The van der Waals surface area contributed by atoms with Gasteiger partial charge in [-0.25, -0.2) is 0 Å². The largest absolute Gasteiger partial charge is 0.480 e. The van der Waals surface area contributed by atoms with Crippen LogP contribution in [0.1, 0.15) is 50.1 Å². The molecule has 0 aliphatic carbocycles. The lowest BCUT2D eigenvalue weighted by Gasteiger charge is -2.23. The molecule has 0 spiro atoms. The third kappa shape index (κ3) is 3.60. The summed E-state index contributed by atoms with van der Waals surface area (Å²) < 4.78 is 2.05. The van der Waals surface area contributed by atoms with E-state index in [1.807, 2.05) is 11.6 Å². The lowest BCUT2D eigenvalue weighted by molar-refractivity contribution is -0.144. The monoisotopic (exact) mass is 281 g/mol. The fourth-order valence-corrected chi connectivity index (χ4v) is 2.54. The molecule has 0 saturated carbocycles. The van der Waals surface area contributed by atoms with Crippen molar-refractivity contribution in [2.45, 2.75) is 65.5 Å². The number of nitrogens with one attached hydrogen (secondary N) is 1. The van der Waals surface area contributed by atoms with Gasteiger partial charge in [0.15, 0.2) is 0 Å². The minimum atomic E-state index is -0.830. The SMILES string of the molecule is CCc1c(C)nn(CCCCC(C)(NC)C(=O)O)c1C. The van der Waals surface area contributed by atoms with E-state index < -0.39 is 11.5 Å². The minimum absolute atomic E-state index is 0.624. The third-order valence-corrected chi connectivity index (χ3v) is 4.21. The third-order valence-electron chi connectivity index (χ3n) is 4.21. The summed E-state index contributed by atoms with van der Waals surface area (Å²) in [5.41, 5.74) is 2.84. The van der Waals surface area contributed by atoms with Gasteiger partial charge in [-0.3, -0.25) is 9.48 Å². The number of carboxylic acids is 1. The van der Waals surface area contributed by atoms with Crippen LogP contribution in [0, 0.1) is 13.8 Å². The fourth-order valence-electron chi connectivity index (χ4n) is 2.54. The molecule has 0 fully saturated rings. The van der Waals surface area contributed by atoms with Gasteiger partial charge in [-0.15, -0.1) is 0 Å². The first kappa shape index (κ1) is 16.7. The average molecular weight is 281 g/mol. The first-order chi connectivity index (χ1) is 9.35. The van der Waals surface area contributed by atoms with Gasteiger partial charge in [0, 0.05) is 12.2 Å². The van der Waals surface area contributed by atoms with E-state index in [4.69, 9.17) is 0 Å². The van der Waals surface area contributed by atoms with Crippen molar-refractivity contribution >= 4 is 5.97 Å². The molecule has 1 heterocycles. The zero-order valence-electron chi connectivity index (χ0n) is 13.3. The molecule has 1 aromatic rings. The van der Waals surface area contributed by atoms with Gasteiger partial charge < -0.3 is 10.4 Å². The Bertz CT molecular complexity index is 468. The second-order valence-corrected chi connectivity index (χ2v) is 5.57. The number of unbranched alkanes of at least 4 members (excludes halogenated alkanes) is 1. The summed E-state index contributed by atoms with van der Waals surface area (Å²) in [6, 6.07) is 0. The minimum Gasteiger partial charge on any atom is -0.480 e. The number of aromatic nitrogens is 2. The number of carboxylic acid groups (broad SMARTS) is 1. The predicted octanol–water partition coefficient (Wildman–Crippen LogP) is 2.30. The molecule has 1 aromatic heterocycles. The van der Waals surface area contributed by atoms with Gasteiger partial charge in [0.05, 0.1) is 5.69 Å². The van der Waals surface area contributed by atoms with Gasteiger partial charge in [-0.1, -0.05) is 6.92 Å². The summed E-state index contributed by atoms with van der Waals surface area (Å²) in [5.74, 6) is -0.792. The number of aryl methyl sites for hydroxylation is 2. The van der Waals surface area contributed by atoms with E-state index in [9.17, 15) is 9.90 Å². The van der Waals surface area contributed by atoms with Crippen LogP contribution in [0.2, 0.25) is 0 Å². The molecule has 0 aliphatic heterocycles. The van der Waals surface area contributed by atoms with Crippen LogP contribution in [-0.4, -0.2) is 33.4 Å². The fraction of sp³-hybridized carbons (Fsp3) is 0.733. The second-order valence-electron chi connectivity index (χ2n) is 5.57. The Kier molecular flexibility index (Phi) is 5.74. The van der Waals surface area contributed by atoms with E-state index in [-0.39, 0.29) is 0 Å². The van der Waals surface area contributed by atoms with Crippen molar-refractivity contribution in [1.82, 2.24) is 15.1 Å². The van der Waals surface area contributed by atoms with Crippen LogP contribution < -0.4 is 5.32 Å². The maximum atomic E-state index is 11.2. The van der Waals surface area contributed by atoms with Crippen molar-refractivity contribution in [1.29, 1.82) is 0 Å². The van der Waals surface area contributed by atoms with Gasteiger partial charge in [0.1, 0.15) is 5.54 Å². The molecular formula is C15H27N3O2. The van der Waals surface area contributed by atoms with Crippen LogP contribution in [-0.2, 0) is 17.8 Å². The summed E-state index contributed by atoms with van der Waals surface area (Å²) in [5, 5.41) is 16.6. The molecule has 1 atom stereocenters. The van der Waals surface area contributed by atoms with Crippen molar-refractivity contribution in [2.24, 2.45) is 0 Å². The topological polar surface area (TPSA) is 67.2 Å². The highest BCUT2D eigenvalue weighted by Crippen LogP contribution is 2.17. The summed E-state index contributed by atoms with van der Waals surface area (Å²) in [6.45, 7) is 8.88. The summed E-state index contributed by atoms with van der Waals surface area (Å²) in [7, 11) is 1.70. The molecule has 0 amide bonds. The molecule has 0 radical (unpaired) electrons.